The first-order valence-electron chi connectivity index (χ1n) is 6.72. The van der Waals surface area contributed by atoms with Crippen LogP contribution >= 0.6 is 0 Å². The van der Waals surface area contributed by atoms with Crippen LogP contribution in [-0.4, -0.2) is 32.7 Å². The molecule has 0 heterocycles. The second-order valence-electron chi connectivity index (χ2n) is 4.98. The molecule has 3 N–H and O–H groups in total. The minimum atomic E-state index is -0.154. The summed E-state index contributed by atoms with van der Waals surface area (Å²) < 4.78 is 5.13. The highest BCUT2D eigenvalue weighted by Crippen LogP contribution is 2.41. The first kappa shape index (κ1) is 14.5. The van der Waals surface area contributed by atoms with Gasteiger partial charge in [-0.3, -0.25) is 4.79 Å². The molecule has 1 fully saturated rings. The number of rotatable bonds is 8. The van der Waals surface area contributed by atoms with E-state index in [9.17, 15) is 4.79 Å². The number of carbonyl (C=O) groups is 1. The number of methoxy groups -OCH3 is 1. The minimum absolute atomic E-state index is 0.154. The molecule has 0 aromatic carbocycles. The van der Waals surface area contributed by atoms with Crippen molar-refractivity contribution in [3.8, 4) is 0 Å². The molecule has 0 saturated heterocycles. The summed E-state index contributed by atoms with van der Waals surface area (Å²) >= 11 is 0. The highest BCUT2D eigenvalue weighted by molar-refractivity contribution is 5.82. The molecule has 0 radical (unpaired) electrons. The number of nitrogens with two attached hydrogens (primary N) is 1. The normalized spacial score (nSPS) is 18.2. The zero-order valence-corrected chi connectivity index (χ0v) is 11.0. The highest BCUT2D eigenvalue weighted by Gasteiger charge is 2.40. The molecule has 0 aromatic rings. The Morgan fingerprint density at radius 3 is 2.65 bits per heavy atom. The standard InChI is InChI=1S/C13H26N2O2/c1-17-11-8-13(6-2-3-7-13)12(16)15-10-5-4-9-14/h2-11,14H2,1H3,(H,15,16). The van der Waals surface area contributed by atoms with Gasteiger partial charge in [0, 0.05) is 20.3 Å². The van der Waals surface area contributed by atoms with Crippen molar-refractivity contribution < 1.29 is 9.53 Å². The van der Waals surface area contributed by atoms with Gasteiger partial charge in [-0.1, -0.05) is 12.8 Å². The summed E-state index contributed by atoms with van der Waals surface area (Å²) in [4.78, 5) is 12.2. The molecule has 0 spiro atoms. The molecule has 1 amide bonds. The zero-order valence-electron chi connectivity index (χ0n) is 11.0. The molecule has 1 rings (SSSR count). The second-order valence-corrected chi connectivity index (χ2v) is 4.98. The minimum Gasteiger partial charge on any atom is -0.385 e. The SMILES string of the molecule is COCCC1(C(=O)NCCCCN)CCCC1. The van der Waals surface area contributed by atoms with Crippen LogP contribution < -0.4 is 11.1 Å². The summed E-state index contributed by atoms with van der Waals surface area (Å²) in [6.45, 7) is 2.13. The van der Waals surface area contributed by atoms with Gasteiger partial charge in [0.05, 0.1) is 5.41 Å². The summed E-state index contributed by atoms with van der Waals surface area (Å²) in [6.07, 6.45) is 7.16. The molecular formula is C13H26N2O2. The Labute approximate surface area is 104 Å². The van der Waals surface area contributed by atoms with E-state index in [1.807, 2.05) is 0 Å². The van der Waals surface area contributed by atoms with Crippen molar-refractivity contribution in [1.82, 2.24) is 5.32 Å². The van der Waals surface area contributed by atoms with Gasteiger partial charge in [0.1, 0.15) is 0 Å². The lowest BCUT2D eigenvalue weighted by Crippen LogP contribution is -2.40. The third-order valence-electron chi connectivity index (χ3n) is 3.74. The van der Waals surface area contributed by atoms with Crippen LogP contribution in [0.4, 0.5) is 0 Å². The number of carbonyl (C=O) groups excluding carboxylic acids is 1. The molecule has 1 aliphatic rings. The number of hydrogen-bond acceptors (Lipinski definition) is 3. The molecule has 0 aromatic heterocycles. The Hall–Kier alpha value is -0.610. The maximum absolute atomic E-state index is 12.2. The van der Waals surface area contributed by atoms with Gasteiger partial charge in [-0.25, -0.2) is 0 Å². The molecular weight excluding hydrogens is 216 g/mol. The third kappa shape index (κ3) is 4.28. The Morgan fingerprint density at radius 2 is 2.06 bits per heavy atom. The van der Waals surface area contributed by atoms with Gasteiger partial charge in [-0.15, -0.1) is 0 Å². The summed E-state index contributed by atoms with van der Waals surface area (Å²) in [6, 6.07) is 0. The van der Waals surface area contributed by atoms with Gasteiger partial charge < -0.3 is 15.8 Å². The quantitative estimate of drug-likeness (QED) is 0.633. The van der Waals surface area contributed by atoms with Crippen molar-refractivity contribution in [2.24, 2.45) is 11.1 Å². The summed E-state index contributed by atoms with van der Waals surface area (Å²) in [5.41, 5.74) is 5.28. The predicted octanol–water partition coefficient (Wildman–Crippen LogP) is 1.44. The fourth-order valence-electron chi connectivity index (χ4n) is 2.60. The zero-order chi connectivity index (χ0) is 12.6. The Balaban J connectivity index is 2.38. The molecule has 1 aliphatic carbocycles. The van der Waals surface area contributed by atoms with Gasteiger partial charge in [-0.2, -0.15) is 0 Å². The lowest BCUT2D eigenvalue weighted by atomic mass is 9.82. The fraction of sp³-hybridized carbons (Fsp3) is 0.923. The second kappa shape index (κ2) is 7.67. The smallest absolute Gasteiger partial charge is 0.226 e. The molecule has 17 heavy (non-hydrogen) atoms. The predicted molar refractivity (Wildman–Crippen MR) is 68.7 cm³/mol. The van der Waals surface area contributed by atoms with E-state index in [1.54, 1.807) is 7.11 Å². The van der Waals surface area contributed by atoms with Crippen LogP contribution in [0.5, 0.6) is 0 Å². The third-order valence-corrected chi connectivity index (χ3v) is 3.74. The number of ether oxygens (including phenoxy) is 1. The molecule has 4 nitrogen and oxygen atoms in total. The molecule has 0 aliphatic heterocycles. The van der Waals surface area contributed by atoms with E-state index in [0.717, 1.165) is 38.6 Å². The monoisotopic (exact) mass is 242 g/mol. The summed E-state index contributed by atoms with van der Waals surface area (Å²) in [7, 11) is 1.70. The van der Waals surface area contributed by atoms with Gasteiger partial charge in [-0.05, 0) is 38.6 Å². The average molecular weight is 242 g/mol. The number of hydrogen-bond donors (Lipinski definition) is 2. The van der Waals surface area contributed by atoms with Crippen molar-refractivity contribution >= 4 is 5.91 Å². The topological polar surface area (TPSA) is 64.3 Å². The summed E-state index contributed by atoms with van der Waals surface area (Å²) in [5.74, 6) is 0.226. The summed E-state index contributed by atoms with van der Waals surface area (Å²) in [5, 5.41) is 3.06. The van der Waals surface area contributed by atoms with Gasteiger partial charge in [0.25, 0.3) is 0 Å². The largest absolute Gasteiger partial charge is 0.385 e. The van der Waals surface area contributed by atoms with Crippen molar-refractivity contribution in [3.05, 3.63) is 0 Å². The molecule has 0 atom stereocenters. The van der Waals surface area contributed by atoms with E-state index < -0.39 is 0 Å². The van der Waals surface area contributed by atoms with E-state index in [1.165, 1.54) is 12.8 Å². The van der Waals surface area contributed by atoms with Crippen LogP contribution in [0.25, 0.3) is 0 Å². The van der Waals surface area contributed by atoms with E-state index in [0.29, 0.717) is 13.2 Å². The van der Waals surface area contributed by atoms with Gasteiger partial charge in [0.15, 0.2) is 0 Å². The van der Waals surface area contributed by atoms with Crippen LogP contribution in [-0.2, 0) is 9.53 Å². The van der Waals surface area contributed by atoms with Crippen molar-refractivity contribution in [3.63, 3.8) is 0 Å². The number of nitrogens with one attached hydrogen (secondary N) is 1. The van der Waals surface area contributed by atoms with Gasteiger partial charge >= 0.3 is 0 Å². The van der Waals surface area contributed by atoms with Crippen molar-refractivity contribution in [1.29, 1.82) is 0 Å². The lowest BCUT2D eigenvalue weighted by molar-refractivity contribution is -0.131. The molecule has 0 bridgehead atoms. The highest BCUT2D eigenvalue weighted by atomic mass is 16.5. The van der Waals surface area contributed by atoms with Crippen LogP contribution in [0.1, 0.15) is 44.9 Å². The maximum atomic E-state index is 12.2. The molecule has 1 saturated carbocycles. The Bertz CT molecular complexity index is 225. The van der Waals surface area contributed by atoms with Crippen LogP contribution in [0, 0.1) is 5.41 Å². The van der Waals surface area contributed by atoms with Crippen molar-refractivity contribution in [2.75, 3.05) is 26.8 Å². The lowest BCUT2D eigenvalue weighted by Gasteiger charge is -2.27. The Kier molecular flexibility index (Phi) is 6.52. The van der Waals surface area contributed by atoms with E-state index in [4.69, 9.17) is 10.5 Å². The number of amides is 1. The maximum Gasteiger partial charge on any atom is 0.226 e. The molecule has 4 heteroatoms. The van der Waals surface area contributed by atoms with E-state index in [2.05, 4.69) is 5.32 Å². The van der Waals surface area contributed by atoms with E-state index >= 15 is 0 Å². The first-order valence-corrected chi connectivity index (χ1v) is 6.72. The fourth-order valence-corrected chi connectivity index (χ4v) is 2.60. The van der Waals surface area contributed by atoms with Gasteiger partial charge in [0.2, 0.25) is 5.91 Å². The van der Waals surface area contributed by atoms with Crippen molar-refractivity contribution in [2.45, 2.75) is 44.9 Å². The van der Waals surface area contributed by atoms with Crippen LogP contribution in [0.3, 0.4) is 0 Å². The van der Waals surface area contributed by atoms with E-state index in [-0.39, 0.29) is 11.3 Å². The Morgan fingerprint density at radius 1 is 1.35 bits per heavy atom. The number of unbranched alkanes of at least 4 members (excludes halogenated alkanes) is 1. The van der Waals surface area contributed by atoms with Crippen LogP contribution in [0.2, 0.25) is 0 Å². The molecule has 0 unspecified atom stereocenters. The first-order chi connectivity index (χ1) is 8.25. The average Bonchev–Trinajstić information content (AvgIpc) is 2.82. The molecule has 100 valence electrons. The van der Waals surface area contributed by atoms with Crippen LogP contribution in [0.15, 0.2) is 0 Å².